The molecule has 0 saturated carbocycles. The summed E-state index contributed by atoms with van der Waals surface area (Å²) in [4.78, 5) is 38.2. The predicted octanol–water partition coefficient (Wildman–Crippen LogP) is 21.1. The van der Waals surface area contributed by atoms with Crippen molar-refractivity contribution in [1.82, 2.24) is 0 Å². The normalized spacial score (nSPS) is 12.6. The maximum absolute atomic E-state index is 12.9. The summed E-state index contributed by atoms with van der Waals surface area (Å²) in [7, 11) is 0. The topological polar surface area (TPSA) is 78.9 Å². The molecule has 0 spiro atoms. The average molecular weight is 1020 g/mol. The molecule has 0 aliphatic heterocycles. The molecule has 73 heavy (non-hydrogen) atoms. The highest BCUT2D eigenvalue weighted by Crippen LogP contribution is 2.16. The van der Waals surface area contributed by atoms with Crippen molar-refractivity contribution >= 4 is 17.9 Å². The highest BCUT2D eigenvalue weighted by molar-refractivity contribution is 5.71. The third-order valence-electron chi connectivity index (χ3n) is 13.4. The van der Waals surface area contributed by atoms with Crippen LogP contribution in [-0.2, 0) is 28.6 Å². The van der Waals surface area contributed by atoms with E-state index >= 15 is 0 Å². The van der Waals surface area contributed by atoms with E-state index in [1.165, 1.54) is 161 Å². The van der Waals surface area contributed by atoms with Crippen molar-refractivity contribution < 1.29 is 28.6 Å². The van der Waals surface area contributed by atoms with Crippen molar-refractivity contribution in [3.05, 3.63) is 85.1 Å². The first-order valence-corrected chi connectivity index (χ1v) is 31.1. The number of hydrogen-bond donors (Lipinski definition) is 0. The monoisotopic (exact) mass is 1020 g/mol. The Morgan fingerprint density at radius 3 is 0.890 bits per heavy atom. The van der Waals surface area contributed by atoms with Crippen molar-refractivity contribution in [1.29, 1.82) is 0 Å². The lowest BCUT2D eigenvalue weighted by Crippen LogP contribution is -2.30. The largest absolute Gasteiger partial charge is 0.462 e. The molecule has 0 radical (unpaired) electrons. The van der Waals surface area contributed by atoms with Crippen molar-refractivity contribution in [2.45, 2.75) is 309 Å². The van der Waals surface area contributed by atoms with Gasteiger partial charge in [0.15, 0.2) is 6.10 Å². The number of esters is 3. The van der Waals surface area contributed by atoms with E-state index in [4.69, 9.17) is 14.2 Å². The Kier molecular flexibility index (Phi) is 58.3. The van der Waals surface area contributed by atoms with E-state index in [0.29, 0.717) is 19.3 Å². The molecule has 0 rings (SSSR count). The number of carbonyl (C=O) groups excluding carboxylic acids is 3. The van der Waals surface area contributed by atoms with Crippen LogP contribution in [0.2, 0.25) is 0 Å². The standard InChI is InChI=1S/C67H116O6/c1-4-7-10-13-16-19-22-24-26-28-29-30-31-32-33-34-35-36-37-39-40-42-45-48-51-54-57-60-66(69)72-63-64(62-71-65(68)59-56-53-50-47-44-21-18-15-12-9-6-3)73-67(70)61-58-55-52-49-46-43-41-38-27-25-23-20-17-14-11-8-5-2/h7,10,15-20,24-27,29-30,64H,4-6,8-9,11-14,21-23,28,31-63H2,1-3H3/b10-7-,18-15-,19-16-,20-17-,26-24-,27-25-,30-29-. The zero-order chi connectivity index (χ0) is 52.9. The first-order chi connectivity index (χ1) is 36.0. The second kappa shape index (κ2) is 61.1. The van der Waals surface area contributed by atoms with E-state index in [9.17, 15) is 14.4 Å². The van der Waals surface area contributed by atoms with Gasteiger partial charge in [-0.1, -0.05) is 260 Å². The molecule has 0 aliphatic carbocycles. The van der Waals surface area contributed by atoms with Crippen LogP contribution in [0.15, 0.2) is 85.1 Å². The number of rotatable bonds is 56. The van der Waals surface area contributed by atoms with Crippen molar-refractivity contribution in [2.75, 3.05) is 13.2 Å². The molecule has 0 heterocycles. The van der Waals surface area contributed by atoms with Crippen LogP contribution in [0.4, 0.5) is 0 Å². The zero-order valence-corrected chi connectivity index (χ0v) is 48.1. The Balaban J connectivity index is 4.23. The summed E-state index contributed by atoms with van der Waals surface area (Å²) in [6.45, 7) is 6.47. The molecule has 0 aromatic carbocycles. The smallest absolute Gasteiger partial charge is 0.306 e. The predicted molar refractivity (Wildman–Crippen MR) is 316 cm³/mol. The summed E-state index contributed by atoms with van der Waals surface area (Å²) in [5.41, 5.74) is 0. The molecular weight excluding hydrogens is 901 g/mol. The van der Waals surface area contributed by atoms with E-state index in [1.807, 2.05) is 0 Å². The van der Waals surface area contributed by atoms with Gasteiger partial charge in [-0.05, 0) is 109 Å². The Morgan fingerprint density at radius 1 is 0.288 bits per heavy atom. The molecule has 0 aromatic heterocycles. The van der Waals surface area contributed by atoms with Crippen molar-refractivity contribution in [3.63, 3.8) is 0 Å². The van der Waals surface area contributed by atoms with Gasteiger partial charge in [-0.15, -0.1) is 0 Å². The maximum atomic E-state index is 12.9. The summed E-state index contributed by atoms with van der Waals surface area (Å²) < 4.78 is 16.9. The van der Waals surface area contributed by atoms with E-state index in [2.05, 4.69) is 106 Å². The minimum absolute atomic E-state index is 0.0810. The van der Waals surface area contributed by atoms with Crippen LogP contribution in [0.3, 0.4) is 0 Å². The number of ether oxygens (including phenoxy) is 3. The molecule has 1 atom stereocenters. The molecule has 0 amide bonds. The fourth-order valence-corrected chi connectivity index (χ4v) is 8.68. The van der Waals surface area contributed by atoms with Crippen LogP contribution in [-0.4, -0.2) is 37.2 Å². The van der Waals surface area contributed by atoms with Crippen LogP contribution < -0.4 is 0 Å². The molecule has 0 saturated heterocycles. The van der Waals surface area contributed by atoms with Gasteiger partial charge in [0.2, 0.25) is 0 Å². The van der Waals surface area contributed by atoms with E-state index in [1.54, 1.807) is 0 Å². The zero-order valence-electron chi connectivity index (χ0n) is 48.1. The first kappa shape index (κ1) is 69.6. The van der Waals surface area contributed by atoms with Gasteiger partial charge in [0.25, 0.3) is 0 Å². The first-order valence-electron chi connectivity index (χ1n) is 31.1. The molecule has 0 aliphatic rings. The number of hydrogen-bond acceptors (Lipinski definition) is 6. The summed E-state index contributed by atoms with van der Waals surface area (Å²) in [5, 5.41) is 0. The number of carbonyl (C=O) groups is 3. The molecule has 6 nitrogen and oxygen atoms in total. The van der Waals surface area contributed by atoms with Gasteiger partial charge in [-0.25, -0.2) is 0 Å². The molecule has 0 fully saturated rings. The Labute approximate surface area is 452 Å². The lowest BCUT2D eigenvalue weighted by atomic mass is 10.0. The second-order valence-corrected chi connectivity index (χ2v) is 20.6. The highest BCUT2D eigenvalue weighted by atomic mass is 16.6. The van der Waals surface area contributed by atoms with E-state index in [-0.39, 0.29) is 31.1 Å². The molecule has 6 heteroatoms. The SMILES string of the molecule is CC/C=C\C/C=C\C/C=C\C/C=C\CCCCCCCCCCCCCCCCC(=O)OCC(COC(=O)CCCCCCC/C=C\CCCC)OC(=O)CCCCCCCCC/C=C\C/C=C\CCCCC. The maximum Gasteiger partial charge on any atom is 0.306 e. The molecule has 0 bridgehead atoms. The minimum atomic E-state index is -0.784. The van der Waals surface area contributed by atoms with Gasteiger partial charge >= 0.3 is 17.9 Å². The lowest BCUT2D eigenvalue weighted by Gasteiger charge is -2.18. The third kappa shape index (κ3) is 59.3. The highest BCUT2D eigenvalue weighted by Gasteiger charge is 2.19. The Hall–Kier alpha value is -3.41. The van der Waals surface area contributed by atoms with E-state index < -0.39 is 6.10 Å². The molecule has 420 valence electrons. The van der Waals surface area contributed by atoms with Crippen LogP contribution in [0, 0.1) is 0 Å². The number of allylic oxidation sites excluding steroid dienone is 14. The average Bonchev–Trinajstić information content (AvgIpc) is 3.39. The third-order valence-corrected chi connectivity index (χ3v) is 13.4. The van der Waals surface area contributed by atoms with Crippen LogP contribution in [0.5, 0.6) is 0 Å². The van der Waals surface area contributed by atoms with E-state index in [0.717, 1.165) is 103 Å². The summed E-state index contributed by atoms with van der Waals surface area (Å²) >= 11 is 0. The molecule has 0 aromatic rings. The Morgan fingerprint density at radius 2 is 0.548 bits per heavy atom. The second-order valence-electron chi connectivity index (χ2n) is 20.6. The number of unbranched alkanes of at least 4 members (excludes halogenated alkanes) is 31. The molecular formula is C67H116O6. The Bertz CT molecular complexity index is 1400. The van der Waals surface area contributed by atoms with Crippen LogP contribution in [0.1, 0.15) is 303 Å². The summed E-state index contributed by atoms with van der Waals surface area (Å²) in [6, 6.07) is 0. The molecule has 0 N–H and O–H groups in total. The quantitative estimate of drug-likeness (QED) is 0.0261. The van der Waals surface area contributed by atoms with Crippen molar-refractivity contribution in [2.24, 2.45) is 0 Å². The van der Waals surface area contributed by atoms with Gasteiger partial charge in [0, 0.05) is 19.3 Å². The summed E-state index contributed by atoms with van der Waals surface area (Å²) in [5.74, 6) is -0.890. The van der Waals surface area contributed by atoms with Gasteiger partial charge in [-0.2, -0.15) is 0 Å². The fourth-order valence-electron chi connectivity index (χ4n) is 8.68. The fraction of sp³-hybridized carbons (Fsp3) is 0.746. The van der Waals surface area contributed by atoms with Crippen LogP contribution >= 0.6 is 0 Å². The molecule has 1 unspecified atom stereocenters. The van der Waals surface area contributed by atoms with Gasteiger partial charge in [0.1, 0.15) is 13.2 Å². The minimum Gasteiger partial charge on any atom is -0.462 e. The lowest BCUT2D eigenvalue weighted by molar-refractivity contribution is -0.167. The van der Waals surface area contributed by atoms with Gasteiger partial charge < -0.3 is 14.2 Å². The van der Waals surface area contributed by atoms with Crippen LogP contribution in [0.25, 0.3) is 0 Å². The summed E-state index contributed by atoms with van der Waals surface area (Å²) in [6.07, 6.45) is 80.2. The van der Waals surface area contributed by atoms with Gasteiger partial charge in [-0.3, -0.25) is 14.4 Å². The van der Waals surface area contributed by atoms with Gasteiger partial charge in [0.05, 0.1) is 0 Å². The van der Waals surface area contributed by atoms with Crippen molar-refractivity contribution in [3.8, 4) is 0 Å².